The molecule has 1 aliphatic carbocycles. The van der Waals surface area contributed by atoms with Crippen LogP contribution in [0.4, 0.5) is 16.0 Å². The first-order valence-electron chi connectivity index (χ1n) is 8.82. The highest BCUT2D eigenvalue weighted by atomic mass is 19.1. The van der Waals surface area contributed by atoms with Crippen LogP contribution in [0.5, 0.6) is 0 Å². The van der Waals surface area contributed by atoms with Gasteiger partial charge in [0, 0.05) is 25.7 Å². The maximum Gasteiger partial charge on any atom is 0.134 e. The molecule has 0 bridgehead atoms. The molecular formula is C20H21FN4O. The average Bonchev–Trinajstić information content (AvgIpc) is 3.10. The number of aliphatic hydroxyl groups excluding tert-OH is 1. The lowest BCUT2D eigenvalue weighted by atomic mass is 10.0. The number of rotatable bonds is 5. The van der Waals surface area contributed by atoms with Gasteiger partial charge in [-0.2, -0.15) is 0 Å². The number of hydrogen-bond donors (Lipinski definition) is 2. The van der Waals surface area contributed by atoms with Gasteiger partial charge >= 0.3 is 0 Å². The van der Waals surface area contributed by atoms with Crippen LogP contribution in [0.2, 0.25) is 0 Å². The van der Waals surface area contributed by atoms with E-state index in [0.717, 1.165) is 35.4 Å². The van der Waals surface area contributed by atoms with E-state index in [1.54, 1.807) is 6.07 Å². The third-order valence-corrected chi connectivity index (χ3v) is 4.75. The van der Waals surface area contributed by atoms with Crippen molar-refractivity contribution in [3.8, 4) is 0 Å². The maximum atomic E-state index is 13.4. The largest absolute Gasteiger partial charge is 0.387 e. The van der Waals surface area contributed by atoms with Crippen molar-refractivity contribution in [2.75, 3.05) is 16.8 Å². The van der Waals surface area contributed by atoms with Gasteiger partial charge in [-0.1, -0.05) is 24.3 Å². The van der Waals surface area contributed by atoms with E-state index in [-0.39, 0.29) is 5.82 Å². The van der Waals surface area contributed by atoms with Gasteiger partial charge in [-0.25, -0.2) is 14.4 Å². The van der Waals surface area contributed by atoms with Crippen LogP contribution in [0.3, 0.4) is 0 Å². The monoisotopic (exact) mass is 352 g/mol. The molecule has 0 amide bonds. The molecule has 2 N–H and O–H groups in total. The number of nitrogens with one attached hydrogen (secondary N) is 1. The molecule has 2 aromatic rings. The van der Waals surface area contributed by atoms with Crippen LogP contribution in [0.15, 0.2) is 54.4 Å². The number of allylic oxidation sites excluding steroid dienone is 2. The van der Waals surface area contributed by atoms with Gasteiger partial charge in [0.25, 0.3) is 0 Å². The Morgan fingerprint density at radius 2 is 2.04 bits per heavy atom. The van der Waals surface area contributed by atoms with E-state index in [1.807, 2.05) is 18.2 Å². The minimum absolute atomic E-state index is 0.212. The Morgan fingerprint density at radius 3 is 2.88 bits per heavy atom. The summed E-state index contributed by atoms with van der Waals surface area (Å²) in [6.45, 7) is 1.72. The number of aromatic nitrogens is 2. The number of aliphatic hydroxyl groups is 1. The molecule has 1 aromatic heterocycles. The lowest BCUT2D eigenvalue weighted by Gasteiger charge is -2.18. The summed E-state index contributed by atoms with van der Waals surface area (Å²) >= 11 is 0. The van der Waals surface area contributed by atoms with E-state index in [4.69, 9.17) is 0 Å². The van der Waals surface area contributed by atoms with E-state index in [2.05, 4.69) is 32.3 Å². The first-order chi connectivity index (χ1) is 12.7. The number of hydrogen-bond acceptors (Lipinski definition) is 5. The SMILES string of the molecule is O[C@@H](CNc1cc(N2Cc3ccc(F)cc3C2)ncn1)C1=CCCC=C1. The summed E-state index contributed by atoms with van der Waals surface area (Å²) in [6.07, 6.45) is 9.06. The van der Waals surface area contributed by atoms with Crippen molar-refractivity contribution in [3.63, 3.8) is 0 Å². The van der Waals surface area contributed by atoms with E-state index in [1.165, 1.54) is 12.4 Å². The zero-order valence-electron chi connectivity index (χ0n) is 14.4. The van der Waals surface area contributed by atoms with E-state index in [0.29, 0.717) is 25.5 Å². The zero-order chi connectivity index (χ0) is 17.9. The molecule has 2 heterocycles. The van der Waals surface area contributed by atoms with Gasteiger partial charge in [-0.3, -0.25) is 0 Å². The molecule has 1 atom stereocenters. The highest BCUT2D eigenvalue weighted by Crippen LogP contribution is 2.28. The summed E-state index contributed by atoms with van der Waals surface area (Å²) < 4.78 is 13.4. The van der Waals surface area contributed by atoms with Crippen molar-refractivity contribution in [1.82, 2.24) is 9.97 Å². The van der Waals surface area contributed by atoms with Gasteiger partial charge in [0.05, 0.1) is 6.10 Å². The second-order valence-corrected chi connectivity index (χ2v) is 6.61. The van der Waals surface area contributed by atoms with Gasteiger partial charge < -0.3 is 15.3 Å². The van der Waals surface area contributed by atoms with Gasteiger partial charge in [-0.15, -0.1) is 0 Å². The Balaban J connectivity index is 1.41. The smallest absolute Gasteiger partial charge is 0.134 e. The molecule has 0 saturated carbocycles. The fourth-order valence-electron chi connectivity index (χ4n) is 3.34. The topological polar surface area (TPSA) is 61.3 Å². The third-order valence-electron chi connectivity index (χ3n) is 4.75. The highest BCUT2D eigenvalue weighted by molar-refractivity contribution is 5.52. The quantitative estimate of drug-likeness (QED) is 0.865. The fraction of sp³-hybridized carbons (Fsp3) is 0.300. The number of benzene rings is 1. The summed E-state index contributed by atoms with van der Waals surface area (Å²) in [5.74, 6) is 1.23. The van der Waals surface area contributed by atoms with Gasteiger partial charge in [0.15, 0.2) is 0 Å². The van der Waals surface area contributed by atoms with Gasteiger partial charge in [-0.05, 0) is 41.7 Å². The Hall–Kier alpha value is -2.73. The number of fused-ring (bicyclic) bond motifs is 1. The molecule has 0 unspecified atom stereocenters. The summed E-state index contributed by atoms with van der Waals surface area (Å²) in [7, 11) is 0. The molecule has 0 radical (unpaired) electrons. The normalized spacial score (nSPS) is 17.0. The van der Waals surface area contributed by atoms with Gasteiger partial charge in [0.2, 0.25) is 0 Å². The van der Waals surface area contributed by atoms with Crippen molar-refractivity contribution in [2.24, 2.45) is 0 Å². The van der Waals surface area contributed by atoms with E-state index in [9.17, 15) is 9.50 Å². The predicted octanol–water partition coefficient (Wildman–Crippen LogP) is 3.19. The molecule has 4 rings (SSSR count). The maximum absolute atomic E-state index is 13.4. The molecule has 0 saturated heterocycles. The minimum Gasteiger partial charge on any atom is -0.387 e. The molecular weight excluding hydrogens is 331 g/mol. The summed E-state index contributed by atoms with van der Waals surface area (Å²) in [6, 6.07) is 6.76. The van der Waals surface area contributed by atoms with E-state index < -0.39 is 6.10 Å². The van der Waals surface area contributed by atoms with Crippen LogP contribution in [0, 0.1) is 5.82 Å². The lowest BCUT2D eigenvalue weighted by molar-refractivity contribution is 0.227. The van der Waals surface area contributed by atoms with Crippen LogP contribution in [0.25, 0.3) is 0 Å². The standard InChI is InChI=1S/C20H21FN4O/c21-17-7-6-15-11-25(12-16(15)8-17)20-9-19(23-13-24-20)22-10-18(26)14-4-2-1-3-5-14/h2,4-9,13,18,26H,1,3,10-12H2,(H,22,23,24)/t18-/m0/s1. The molecule has 134 valence electrons. The van der Waals surface area contributed by atoms with Crippen LogP contribution in [-0.4, -0.2) is 27.7 Å². The molecule has 5 nitrogen and oxygen atoms in total. The third kappa shape index (κ3) is 3.60. The van der Waals surface area contributed by atoms with Crippen molar-refractivity contribution in [3.05, 3.63) is 71.3 Å². The Bertz CT molecular complexity index is 865. The highest BCUT2D eigenvalue weighted by Gasteiger charge is 2.21. The average molecular weight is 352 g/mol. The fourth-order valence-corrected chi connectivity index (χ4v) is 3.34. The minimum atomic E-state index is -0.566. The zero-order valence-corrected chi connectivity index (χ0v) is 14.4. The molecule has 6 heteroatoms. The van der Waals surface area contributed by atoms with Crippen LogP contribution in [-0.2, 0) is 13.1 Å². The number of nitrogens with zero attached hydrogens (tertiary/aromatic N) is 3. The molecule has 2 aliphatic rings. The molecule has 0 spiro atoms. The summed E-state index contributed by atoms with van der Waals surface area (Å²) in [4.78, 5) is 10.7. The second-order valence-electron chi connectivity index (χ2n) is 6.61. The summed E-state index contributed by atoms with van der Waals surface area (Å²) in [5, 5.41) is 13.5. The first kappa shape index (κ1) is 16.7. The molecule has 1 aliphatic heterocycles. The first-order valence-corrected chi connectivity index (χ1v) is 8.82. The second kappa shape index (κ2) is 7.25. The van der Waals surface area contributed by atoms with Crippen LogP contribution in [0.1, 0.15) is 24.0 Å². The van der Waals surface area contributed by atoms with Crippen molar-refractivity contribution in [2.45, 2.75) is 32.0 Å². The Morgan fingerprint density at radius 1 is 1.15 bits per heavy atom. The molecule has 26 heavy (non-hydrogen) atoms. The molecule has 0 fully saturated rings. The Labute approximate surface area is 151 Å². The Kier molecular flexibility index (Phi) is 4.67. The molecule has 1 aromatic carbocycles. The van der Waals surface area contributed by atoms with Crippen LogP contribution >= 0.6 is 0 Å². The van der Waals surface area contributed by atoms with E-state index >= 15 is 0 Å². The van der Waals surface area contributed by atoms with Crippen molar-refractivity contribution < 1.29 is 9.50 Å². The number of anilines is 2. The van der Waals surface area contributed by atoms with Crippen LogP contribution < -0.4 is 10.2 Å². The number of halogens is 1. The van der Waals surface area contributed by atoms with Crippen molar-refractivity contribution >= 4 is 11.6 Å². The lowest BCUT2D eigenvalue weighted by Crippen LogP contribution is -2.22. The predicted molar refractivity (Wildman–Crippen MR) is 99.3 cm³/mol. The summed E-state index contributed by atoms with van der Waals surface area (Å²) in [5.41, 5.74) is 3.05. The van der Waals surface area contributed by atoms with Crippen molar-refractivity contribution in [1.29, 1.82) is 0 Å². The van der Waals surface area contributed by atoms with Gasteiger partial charge in [0.1, 0.15) is 23.8 Å².